The summed E-state index contributed by atoms with van der Waals surface area (Å²) in [5.41, 5.74) is 2.11. The first kappa shape index (κ1) is 20.3. The van der Waals surface area contributed by atoms with E-state index < -0.39 is 12.6 Å². The molecule has 0 amide bonds. The molecule has 0 unspecified atom stereocenters. The van der Waals surface area contributed by atoms with Gasteiger partial charge >= 0.3 is 6.18 Å². The first-order chi connectivity index (χ1) is 12.0. The molecule has 0 heterocycles. The van der Waals surface area contributed by atoms with Crippen LogP contribution in [0.2, 0.25) is 0 Å². The number of hydrogen-bond acceptors (Lipinski definition) is 0. The molecule has 0 radical (unpaired) electrons. The van der Waals surface area contributed by atoms with Crippen LogP contribution in [0.15, 0.2) is 24.3 Å². The number of halogens is 3. The summed E-state index contributed by atoms with van der Waals surface area (Å²) in [6.45, 7) is 2.25. The van der Waals surface area contributed by atoms with Gasteiger partial charge in [-0.05, 0) is 55.1 Å². The molecular weight excluding hydrogens is 321 g/mol. The summed E-state index contributed by atoms with van der Waals surface area (Å²) >= 11 is 0. The summed E-state index contributed by atoms with van der Waals surface area (Å²) < 4.78 is 36.9. The Morgan fingerprint density at radius 3 is 2.12 bits per heavy atom. The smallest absolute Gasteiger partial charge is 0.171 e. The highest BCUT2D eigenvalue weighted by atomic mass is 19.4. The second kappa shape index (κ2) is 10.2. The van der Waals surface area contributed by atoms with Gasteiger partial charge in [0.1, 0.15) is 0 Å². The molecular formula is C22H33F3. The minimum Gasteiger partial charge on any atom is -0.171 e. The molecule has 0 spiro atoms. The number of aryl methyl sites for hydroxylation is 1. The number of hydrogen-bond donors (Lipinski definition) is 0. The fraction of sp³-hybridized carbons (Fsp3) is 0.727. The molecule has 1 saturated carbocycles. The number of unbranched alkanes of at least 4 members (excludes halogenated alkanes) is 4. The van der Waals surface area contributed by atoms with Gasteiger partial charge in [-0.3, -0.25) is 0 Å². The summed E-state index contributed by atoms with van der Waals surface area (Å²) in [4.78, 5) is 0. The van der Waals surface area contributed by atoms with Crippen molar-refractivity contribution < 1.29 is 13.2 Å². The average Bonchev–Trinajstić information content (AvgIpc) is 2.60. The van der Waals surface area contributed by atoms with Crippen molar-refractivity contribution in [3.05, 3.63) is 35.4 Å². The van der Waals surface area contributed by atoms with Gasteiger partial charge in [-0.1, -0.05) is 69.7 Å². The van der Waals surface area contributed by atoms with Crippen LogP contribution >= 0.6 is 0 Å². The molecule has 0 nitrogen and oxygen atoms in total. The van der Waals surface area contributed by atoms with E-state index in [4.69, 9.17) is 0 Å². The van der Waals surface area contributed by atoms with Crippen molar-refractivity contribution in [2.24, 2.45) is 5.92 Å². The maximum Gasteiger partial charge on any atom is 0.389 e. The molecule has 0 N–H and O–H groups in total. The number of rotatable bonds is 9. The van der Waals surface area contributed by atoms with Crippen LogP contribution in [0.25, 0.3) is 0 Å². The predicted octanol–water partition coefficient (Wildman–Crippen LogP) is 7.82. The van der Waals surface area contributed by atoms with Gasteiger partial charge in [0, 0.05) is 6.42 Å². The van der Waals surface area contributed by atoms with Gasteiger partial charge in [0.15, 0.2) is 0 Å². The third kappa shape index (κ3) is 7.83. The highest BCUT2D eigenvalue weighted by molar-refractivity contribution is 5.26. The van der Waals surface area contributed by atoms with Gasteiger partial charge in [-0.15, -0.1) is 0 Å². The standard InChI is InChI=1S/C22H33F3/c1-2-3-4-5-6-7-18-8-12-20(13-9-18)21-14-10-19(11-15-21)16-17-22(23,24)25/h10-11,14-15,18,20H,2-9,12-13,16-17H2,1H3. The third-order valence-electron chi connectivity index (χ3n) is 5.71. The Labute approximate surface area is 151 Å². The highest BCUT2D eigenvalue weighted by Gasteiger charge is 2.26. The van der Waals surface area contributed by atoms with Crippen molar-refractivity contribution in [1.82, 2.24) is 0 Å². The molecule has 3 heteroatoms. The zero-order valence-corrected chi connectivity index (χ0v) is 15.6. The van der Waals surface area contributed by atoms with E-state index >= 15 is 0 Å². The van der Waals surface area contributed by atoms with Crippen LogP contribution in [0.4, 0.5) is 13.2 Å². The maximum atomic E-state index is 12.3. The van der Waals surface area contributed by atoms with Gasteiger partial charge in [-0.25, -0.2) is 0 Å². The monoisotopic (exact) mass is 354 g/mol. The van der Waals surface area contributed by atoms with E-state index in [2.05, 4.69) is 19.1 Å². The van der Waals surface area contributed by atoms with Crippen molar-refractivity contribution >= 4 is 0 Å². The van der Waals surface area contributed by atoms with Crippen molar-refractivity contribution in [2.75, 3.05) is 0 Å². The van der Waals surface area contributed by atoms with Gasteiger partial charge in [0.2, 0.25) is 0 Å². The molecule has 142 valence electrons. The fourth-order valence-electron chi connectivity index (χ4n) is 4.06. The minimum absolute atomic E-state index is 0.0918. The van der Waals surface area contributed by atoms with Gasteiger partial charge in [0.05, 0.1) is 0 Å². The predicted molar refractivity (Wildman–Crippen MR) is 98.9 cm³/mol. The van der Waals surface area contributed by atoms with Gasteiger partial charge in [-0.2, -0.15) is 13.2 Å². The Morgan fingerprint density at radius 2 is 1.52 bits per heavy atom. The van der Waals surface area contributed by atoms with E-state index in [1.807, 2.05) is 12.1 Å². The van der Waals surface area contributed by atoms with Crippen molar-refractivity contribution in [1.29, 1.82) is 0 Å². The second-order valence-electron chi connectivity index (χ2n) is 7.78. The summed E-state index contributed by atoms with van der Waals surface area (Å²) in [6, 6.07) is 7.89. The lowest BCUT2D eigenvalue weighted by molar-refractivity contribution is -0.133. The Balaban J connectivity index is 1.69. The normalized spacial score (nSPS) is 21.4. The SMILES string of the molecule is CCCCCCCC1CCC(c2ccc(CCC(F)(F)F)cc2)CC1. The molecule has 0 aromatic heterocycles. The lowest BCUT2D eigenvalue weighted by Gasteiger charge is -2.29. The Kier molecular flexibility index (Phi) is 8.32. The summed E-state index contributed by atoms with van der Waals surface area (Å²) in [7, 11) is 0. The molecule has 1 aromatic carbocycles. The molecule has 0 aliphatic heterocycles. The molecule has 1 aliphatic carbocycles. The van der Waals surface area contributed by atoms with E-state index in [1.54, 1.807) is 0 Å². The van der Waals surface area contributed by atoms with Crippen LogP contribution in [0.5, 0.6) is 0 Å². The lowest BCUT2D eigenvalue weighted by Crippen LogP contribution is -2.13. The van der Waals surface area contributed by atoms with Crippen molar-refractivity contribution in [3.8, 4) is 0 Å². The van der Waals surface area contributed by atoms with E-state index in [9.17, 15) is 13.2 Å². The van der Waals surface area contributed by atoms with Crippen LogP contribution in [-0.4, -0.2) is 6.18 Å². The first-order valence-electron chi connectivity index (χ1n) is 10.1. The fourth-order valence-corrected chi connectivity index (χ4v) is 4.06. The lowest BCUT2D eigenvalue weighted by atomic mass is 9.77. The molecule has 1 aromatic rings. The van der Waals surface area contributed by atoms with Crippen LogP contribution in [0, 0.1) is 5.92 Å². The van der Waals surface area contributed by atoms with E-state index in [0.29, 0.717) is 5.92 Å². The summed E-state index contributed by atoms with van der Waals surface area (Å²) in [5, 5.41) is 0. The molecule has 0 saturated heterocycles. The Hall–Kier alpha value is -0.990. The summed E-state index contributed by atoms with van der Waals surface area (Å²) in [5.74, 6) is 1.50. The topological polar surface area (TPSA) is 0 Å². The van der Waals surface area contributed by atoms with E-state index in [-0.39, 0.29) is 6.42 Å². The van der Waals surface area contributed by atoms with E-state index in [1.165, 1.54) is 69.8 Å². The zero-order valence-electron chi connectivity index (χ0n) is 15.6. The van der Waals surface area contributed by atoms with Crippen molar-refractivity contribution in [2.45, 2.75) is 96.1 Å². The summed E-state index contributed by atoms with van der Waals surface area (Å²) in [6.07, 6.45) is 8.60. The van der Waals surface area contributed by atoms with Crippen LogP contribution in [-0.2, 0) is 6.42 Å². The second-order valence-corrected chi connectivity index (χ2v) is 7.78. The van der Waals surface area contributed by atoms with E-state index in [0.717, 1.165) is 11.5 Å². The molecule has 2 rings (SSSR count). The number of benzene rings is 1. The quantitative estimate of drug-likeness (QED) is 0.397. The van der Waals surface area contributed by atoms with Gasteiger partial charge in [0.25, 0.3) is 0 Å². The molecule has 0 bridgehead atoms. The van der Waals surface area contributed by atoms with Gasteiger partial charge < -0.3 is 0 Å². The largest absolute Gasteiger partial charge is 0.389 e. The van der Waals surface area contributed by atoms with Crippen LogP contribution in [0.3, 0.4) is 0 Å². The molecule has 25 heavy (non-hydrogen) atoms. The highest BCUT2D eigenvalue weighted by Crippen LogP contribution is 2.38. The maximum absolute atomic E-state index is 12.3. The molecule has 1 aliphatic rings. The van der Waals surface area contributed by atoms with Crippen LogP contribution < -0.4 is 0 Å². The Morgan fingerprint density at radius 1 is 0.880 bits per heavy atom. The molecule has 1 fully saturated rings. The first-order valence-corrected chi connectivity index (χ1v) is 10.1. The van der Waals surface area contributed by atoms with Crippen LogP contribution in [0.1, 0.15) is 94.6 Å². The third-order valence-corrected chi connectivity index (χ3v) is 5.71. The zero-order chi connectivity index (χ0) is 18.1. The average molecular weight is 355 g/mol. The Bertz CT molecular complexity index is 467. The minimum atomic E-state index is -4.06. The molecule has 0 atom stereocenters. The number of alkyl halides is 3. The van der Waals surface area contributed by atoms with Crippen molar-refractivity contribution in [3.63, 3.8) is 0 Å².